The smallest absolute Gasteiger partial charge is 0.311 e. The van der Waals surface area contributed by atoms with Gasteiger partial charge in [-0.2, -0.15) is 0 Å². The average molecular weight is 249 g/mol. The molecule has 0 aromatic heterocycles. The van der Waals surface area contributed by atoms with E-state index in [2.05, 4.69) is 22.9 Å². The highest BCUT2D eigenvalue weighted by Gasteiger charge is 2.40. The van der Waals surface area contributed by atoms with Crippen molar-refractivity contribution >= 4 is 21.9 Å². The summed E-state index contributed by atoms with van der Waals surface area (Å²) in [7, 11) is 0. The molecule has 1 saturated carbocycles. The minimum Gasteiger partial charge on any atom is -0.464 e. The molecule has 3 heteroatoms. The van der Waals surface area contributed by atoms with Gasteiger partial charge in [0.15, 0.2) is 0 Å². The second-order valence-electron chi connectivity index (χ2n) is 4.02. The number of esters is 1. The van der Waals surface area contributed by atoms with Crippen LogP contribution in [0.5, 0.6) is 0 Å². The Labute approximate surface area is 88.2 Å². The van der Waals surface area contributed by atoms with Crippen LogP contribution >= 0.6 is 15.9 Å². The number of carbonyl (C=O) groups is 1. The highest BCUT2D eigenvalue weighted by Crippen LogP contribution is 2.41. The Kier molecular flexibility index (Phi) is 3.77. The summed E-state index contributed by atoms with van der Waals surface area (Å²) in [5, 5.41) is 0. The summed E-state index contributed by atoms with van der Waals surface area (Å²) in [6.45, 7) is 4.57. The lowest BCUT2D eigenvalue weighted by molar-refractivity contribution is -0.159. The summed E-state index contributed by atoms with van der Waals surface area (Å²) in [6, 6.07) is 0. The van der Waals surface area contributed by atoms with Crippen LogP contribution in [0.2, 0.25) is 0 Å². The summed E-state index contributed by atoms with van der Waals surface area (Å²) in [6.07, 6.45) is 4.14. The van der Waals surface area contributed by atoms with Crippen LogP contribution in [-0.4, -0.2) is 17.4 Å². The highest BCUT2D eigenvalue weighted by atomic mass is 79.9. The summed E-state index contributed by atoms with van der Waals surface area (Å²) in [5.41, 5.74) is -0.166. The molecule has 1 unspecified atom stereocenters. The Morgan fingerprint density at radius 1 is 1.62 bits per heavy atom. The van der Waals surface area contributed by atoms with Crippen molar-refractivity contribution in [1.29, 1.82) is 0 Å². The maximum absolute atomic E-state index is 11.5. The van der Waals surface area contributed by atoms with Crippen LogP contribution in [0.3, 0.4) is 0 Å². The van der Waals surface area contributed by atoms with Crippen LogP contribution in [0.15, 0.2) is 0 Å². The molecule has 0 aromatic rings. The normalized spacial score (nSPS) is 21.8. The van der Waals surface area contributed by atoms with Crippen molar-refractivity contribution in [2.24, 2.45) is 5.41 Å². The molecular weight excluding hydrogens is 232 g/mol. The standard InChI is InChI=1S/C10H17BrO2/c1-3-8(11)7-13-9(12)10(2)5-4-6-10/h8H,3-7H2,1-2H3. The Morgan fingerprint density at radius 2 is 2.23 bits per heavy atom. The fourth-order valence-electron chi connectivity index (χ4n) is 1.37. The molecule has 0 aliphatic heterocycles. The molecule has 0 radical (unpaired) electrons. The van der Waals surface area contributed by atoms with Crippen molar-refractivity contribution in [3.05, 3.63) is 0 Å². The fourth-order valence-corrected chi connectivity index (χ4v) is 1.50. The Balaban J connectivity index is 2.25. The Bertz CT molecular complexity index is 187. The van der Waals surface area contributed by atoms with Crippen molar-refractivity contribution in [2.75, 3.05) is 6.61 Å². The predicted molar refractivity (Wildman–Crippen MR) is 55.9 cm³/mol. The third kappa shape index (κ3) is 2.70. The number of rotatable bonds is 4. The molecule has 0 aromatic carbocycles. The minimum atomic E-state index is -0.166. The van der Waals surface area contributed by atoms with E-state index in [1.165, 1.54) is 0 Å². The van der Waals surface area contributed by atoms with Gasteiger partial charge in [-0.05, 0) is 26.2 Å². The van der Waals surface area contributed by atoms with Gasteiger partial charge in [0.1, 0.15) is 6.61 Å². The van der Waals surface area contributed by atoms with E-state index in [0.717, 1.165) is 25.7 Å². The molecule has 0 bridgehead atoms. The lowest BCUT2D eigenvalue weighted by Gasteiger charge is -2.35. The van der Waals surface area contributed by atoms with Gasteiger partial charge in [0.05, 0.1) is 5.41 Å². The first-order valence-corrected chi connectivity index (χ1v) is 5.81. The Morgan fingerprint density at radius 3 is 2.62 bits per heavy atom. The molecule has 0 saturated heterocycles. The predicted octanol–water partition coefficient (Wildman–Crippen LogP) is 2.89. The zero-order valence-corrected chi connectivity index (χ0v) is 9.89. The van der Waals surface area contributed by atoms with Crippen molar-refractivity contribution in [3.63, 3.8) is 0 Å². The summed E-state index contributed by atoms with van der Waals surface area (Å²) in [4.78, 5) is 11.8. The van der Waals surface area contributed by atoms with Crippen molar-refractivity contribution in [2.45, 2.75) is 44.4 Å². The van der Waals surface area contributed by atoms with Gasteiger partial charge < -0.3 is 4.74 Å². The first-order valence-electron chi connectivity index (χ1n) is 4.90. The van der Waals surface area contributed by atoms with E-state index in [9.17, 15) is 4.79 Å². The summed E-state index contributed by atoms with van der Waals surface area (Å²) >= 11 is 3.43. The molecule has 1 aliphatic rings. The monoisotopic (exact) mass is 248 g/mol. The molecule has 1 rings (SSSR count). The van der Waals surface area contributed by atoms with Gasteiger partial charge >= 0.3 is 5.97 Å². The van der Waals surface area contributed by atoms with E-state index in [1.807, 2.05) is 6.92 Å². The van der Waals surface area contributed by atoms with Crippen LogP contribution in [0.1, 0.15) is 39.5 Å². The van der Waals surface area contributed by atoms with Gasteiger partial charge in [-0.1, -0.05) is 29.3 Å². The topological polar surface area (TPSA) is 26.3 Å². The molecule has 1 aliphatic carbocycles. The van der Waals surface area contributed by atoms with Gasteiger partial charge in [0.2, 0.25) is 0 Å². The zero-order chi connectivity index (χ0) is 9.90. The van der Waals surface area contributed by atoms with Gasteiger partial charge in [0.25, 0.3) is 0 Å². The lowest BCUT2D eigenvalue weighted by Crippen LogP contribution is -2.37. The lowest BCUT2D eigenvalue weighted by atomic mass is 9.70. The van der Waals surface area contributed by atoms with Crippen LogP contribution in [0.25, 0.3) is 0 Å². The second-order valence-corrected chi connectivity index (χ2v) is 5.31. The van der Waals surface area contributed by atoms with E-state index in [4.69, 9.17) is 4.74 Å². The van der Waals surface area contributed by atoms with Crippen molar-refractivity contribution in [3.8, 4) is 0 Å². The van der Waals surface area contributed by atoms with Gasteiger partial charge in [-0.15, -0.1) is 0 Å². The first-order chi connectivity index (χ1) is 6.08. The third-order valence-corrected chi connectivity index (χ3v) is 3.70. The van der Waals surface area contributed by atoms with Crippen LogP contribution in [-0.2, 0) is 9.53 Å². The van der Waals surface area contributed by atoms with Gasteiger partial charge in [-0.3, -0.25) is 4.79 Å². The zero-order valence-electron chi connectivity index (χ0n) is 8.31. The summed E-state index contributed by atoms with van der Waals surface area (Å²) < 4.78 is 5.22. The largest absolute Gasteiger partial charge is 0.464 e. The number of ether oxygens (including phenoxy) is 1. The van der Waals surface area contributed by atoms with E-state index < -0.39 is 0 Å². The molecule has 0 N–H and O–H groups in total. The van der Waals surface area contributed by atoms with E-state index in [0.29, 0.717) is 11.4 Å². The van der Waals surface area contributed by atoms with Crippen molar-refractivity contribution in [1.82, 2.24) is 0 Å². The highest BCUT2D eigenvalue weighted by molar-refractivity contribution is 9.09. The number of alkyl halides is 1. The number of halogens is 1. The molecule has 1 fully saturated rings. The SMILES string of the molecule is CCC(Br)COC(=O)C1(C)CCC1. The van der Waals surface area contributed by atoms with Gasteiger partial charge in [-0.25, -0.2) is 0 Å². The third-order valence-electron chi connectivity index (χ3n) is 2.79. The molecule has 2 nitrogen and oxygen atoms in total. The molecule has 76 valence electrons. The average Bonchev–Trinajstić information content (AvgIpc) is 2.09. The van der Waals surface area contributed by atoms with E-state index in [1.54, 1.807) is 0 Å². The van der Waals surface area contributed by atoms with Gasteiger partial charge in [0, 0.05) is 4.83 Å². The van der Waals surface area contributed by atoms with Crippen LogP contribution < -0.4 is 0 Å². The van der Waals surface area contributed by atoms with Crippen LogP contribution in [0, 0.1) is 5.41 Å². The van der Waals surface area contributed by atoms with Crippen LogP contribution in [0.4, 0.5) is 0 Å². The molecular formula is C10H17BrO2. The van der Waals surface area contributed by atoms with E-state index >= 15 is 0 Å². The van der Waals surface area contributed by atoms with Crippen molar-refractivity contribution < 1.29 is 9.53 Å². The second kappa shape index (κ2) is 4.45. The minimum absolute atomic E-state index is 0.0170. The number of hydrogen-bond acceptors (Lipinski definition) is 2. The molecule has 0 heterocycles. The molecule has 0 amide bonds. The molecule has 1 atom stereocenters. The maximum Gasteiger partial charge on any atom is 0.311 e. The van der Waals surface area contributed by atoms with E-state index in [-0.39, 0.29) is 11.4 Å². The summed E-state index contributed by atoms with van der Waals surface area (Å²) in [5.74, 6) is -0.0170. The number of carbonyl (C=O) groups excluding carboxylic acids is 1. The molecule has 13 heavy (non-hydrogen) atoms. The fraction of sp³-hybridized carbons (Fsp3) is 0.900. The first kappa shape index (κ1) is 11.0. The quantitative estimate of drug-likeness (QED) is 0.565. The number of hydrogen-bond donors (Lipinski definition) is 0. The maximum atomic E-state index is 11.5. The Hall–Kier alpha value is -0.0500. The molecule has 0 spiro atoms.